The molecule has 1 saturated heterocycles. The van der Waals surface area contributed by atoms with Crippen LogP contribution >= 0.6 is 31.9 Å². The van der Waals surface area contributed by atoms with Crippen molar-refractivity contribution in [3.8, 4) is 11.4 Å². The van der Waals surface area contributed by atoms with Gasteiger partial charge in [0.05, 0.1) is 11.2 Å². The molecule has 1 aliphatic heterocycles. The topological polar surface area (TPSA) is 79.8 Å². The van der Waals surface area contributed by atoms with E-state index in [0.717, 1.165) is 62.9 Å². The van der Waals surface area contributed by atoms with Crippen molar-refractivity contribution >= 4 is 54.3 Å². The maximum absolute atomic E-state index is 6.21. The van der Waals surface area contributed by atoms with Gasteiger partial charge in [0.1, 0.15) is 5.82 Å². The Kier molecular flexibility index (Phi) is 5.59. The predicted octanol–water partition coefficient (Wildman–Crippen LogP) is 6.13. The van der Waals surface area contributed by atoms with Crippen LogP contribution in [0.3, 0.4) is 0 Å². The lowest BCUT2D eigenvalue weighted by Gasteiger charge is -2.26. The van der Waals surface area contributed by atoms with E-state index in [1.807, 2.05) is 41.4 Å². The number of anilines is 1. The van der Waals surface area contributed by atoms with Gasteiger partial charge < -0.3 is 5.73 Å². The first-order chi connectivity index (χ1) is 13.5. The number of hydrogen-bond donors (Lipinski definition) is 1. The second kappa shape index (κ2) is 8.13. The monoisotopic (exact) mass is 502 g/mol. The molecule has 0 amide bonds. The molecule has 0 radical (unpaired) electrons. The summed E-state index contributed by atoms with van der Waals surface area (Å²) in [6.07, 6.45) is 2.29. The Morgan fingerprint density at radius 1 is 1.04 bits per heavy atom. The summed E-state index contributed by atoms with van der Waals surface area (Å²) in [4.78, 5) is 9.23. The summed E-state index contributed by atoms with van der Waals surface area (Å²) < 4.78 is 1.86. The number of nitrogens with two attached hydrogens (primary N) is 1. The lowest BCUT2D eigenvalue weighted by atomic mass is 10.0. The molecule has 144 valence electrons. The second-order valence-electron chi connectivity index (χ2n) is 7.08. The SMILES string of the molecule is CC1CCN(N=Nc2ccc(Br)cc2-c2nc(N)c3cc(Br)ccc3n2)CC1. The summed E-state index contributed by atoms with van der Waals surface area (Å²) in [5.74, 6) is 1.73. The minimum absolute atomic E-state index is 0.439. The molecule has 1 aromatic heterocycles. The fourth-order valence-electron chi connectivity index (χ4n) is 3.22. The Morgan fingerprint density at radius 2 is 1.75 bits per heavy atom. The van der Waals surface area contributed by atoms with Gasteiger partial charge >= 0.3 is 0 Å². The normalized spacial score (nSPS) is 15.6. The minimum Gasteiger partial charge on any atom is -0.383 e. The number of fused-ring (bicyclic) bond motifs is 1. The molecule has 4 rings (SSSR count). The van der Waals surface area contributed by atoms with Gasteiger partial charge in [-0.15, -0.1) is 5.11 Å². The van der Waals surface area contributed by atoms with Gasteiger partial charge in [-0.25, -0.2) is 9.97 Å². The summed E-state index contributed by atoms with van der Waals surface area (Å²) in [5, 5.41) is 11.8. The van der Waals surface area contributed by atoms with Crippen LogP contribution in [0.4, 0.5) is 11.5 Å². The maximum atomic E-state index is 6.21. The highest BCUT2D eigenvalue weighted by Gasteiger charge is 2.16. The molecule has 2 aromatic carbocycles. The first-order valence-electron chi connectivity index (χ1n) is 9.19. The van der Waals surface area contributed by atoms with E-state index in [-0.39, 0.29) is 0 Å². The average molecular weight is 504 g/mol. The van der Waals surface area contributed by atoms with Gasteiger partial charge in [0.25, 0.3) is 0 Å². The molecule has 0 bridgehead atoms. The van der Waals surface area contributed by atoms with Crippen molar-refractivity contribution in [3.05, 3.63) is 45.3 Å². The zero-order chi connectivity index (χ0) is 19.7. The number of rotatable bonds is 3. The predicted molar refractivity (Wildman–Crippen MR) is 119 cm³/mol. The number of aromatic nitrogens is 2. The van der Waals surface area contributed by atoms with E-state index in [0.29, 0.717) is 11.6 Å². The van der Waals surface area contributed by atoms with Gasteiger partial charge in [0.15, 0.2) is 5.82 Å². The number of nitrogen functional groups attached to an aromatic ring is 1. The van der Waals surface area contributed by atoms with Crippen molar-refractivity contribution in [2.75, 3.05) is 18.8 Å². The van der Waals surface area contributed by atoms with Crippen LogP contribution in [-0.2, 0) is 0 Å². The summed E-state index contributed by atoms with van der Waals surface area (Å²) in [5.41, 5.74) is 8.51. The molecule has 0 atom stereocenters. The van der Waals surface area contributed by atoms with Crippen LogP contribution in [-0.4, -0.2) is 28.1 Å². The first-order valence-corrected chi connectivity index (χ1v) is 10.8. The molecule has 0 spiro atoms. The zero-order valence-electron chi connectivity index (χ0n) is 15.4. The Hall–Kier alpha value is -2.06. The largest absolute Gasteiger partial charge is 0.383 e. The number of piperidine rings is 1. The van der Waals surface area contributed by atoms with Crippen LogP contribution in [0, 0.1) is 5.92 Å². The summed E-state index contributed by atoms with van der Waals surface area (Å²) in [6, 6.07) is 11.6. The van der Waals surface area contributed by atoms with Gasteiger partial charge in [-0.3, -0.25) is 5.01 Å². The number of halogens is 2. The molecule has 1 fully saturated rings. The molecule has 0 unspecified atom stereocenters. The average Bonchev–Trinajstić information content (AvgIpc) is 2.68. The van der Waals surface area contributed by atoms with Crippen molar-refractivity contribution in [1.82, 2.24) is 15.0 Å². The molecule has 28 heavy (non-hydrogen) atoms. The van der Waals surface area contributed by atoms with Gasteiger partial charge in [-0.1, -0.05) is 44.0 Å². The zero-order valence-corrected chi connectivity index (χ0v) is 18.6. The third-order valence-corrected chi connectivity index (χ3v) is 5.91. The van der Waals surface area contributed by atoms with Crippen molar-refractivity contribution in [1.29, 1.82) is 0 Å². The molecule has 0 aliphatic carbocycles. The number of benzene rings is 2. The Balaban J connectivity index is 1.72. The molecule has 8 heteroatoms. The third kappa shape index (κ3) is 4.17. The quantitative estimate of drug-likeness (QED) is 0.435. The second-order valence-corrected chi connectivity index (χ2v) is 8.91. The van der Waals surface area contributed by atoms with Crippen LogP contribution in [0.5, 0.6) is 0 Å². The van der Waals surface area contributed by atoms with Crippen molar-refractivity contribution in [2.45, 2.75) is 19.8 Å². The molecular formula is C20H20Br2N6. The highest BCUT2D eigenvalue weighted by molar-refractivity contribution is 9.10. The van der Waals surface area contributed by atoms with Crippen molar-refractivity contribution in [2.24, 2.45) is 16.3 Å². The lowest BCUT2D eigenvalue weighted by Crippen LogP contribution is -2.27. The summed E-state index contributed by atoms with van der Waals surface area (Å²) in [6.45, 7) is 4.15. The molecule has 2 heterocycles. The summed E-state index contributed by atoms with van der Waals surface area (Å²) in [7, 11) is 0. The van der Waals surface area contributed by atoms with Gasteiger partial charge in [-0.2, -0.15) is 0 Å². The third-order valence-electron chi connectivity index (χ3n) is 4.93. The van der Waals surface area contributed by atoms with Crippen LogP contribution in [0.1, 0.15) is 19.8 Å². The Bertz CT molecular complexity index is 1040. The van der Waals surface area contributed by atoms with E-state index < -0.39 is 0 Å². The van der Waals surface area contributed by atoms with Gasteiger partial charge in [-0.05, 0) is 55.2 Å². The molecular weight excluding hydrogens is 484 g/mol. The van der Waals surface area contributed by atoms with E-state index in [9.17, 15) is 0 Å². The van der Waals surface area contributed by atoms with E-state index in [1.165, 1.54) is 0 Å². The first kappa shape index (κ1) is 19.3. The molecule has 6 nitrogen and oxygen atoms in total. The number of hydrogen-bond acceptors (Lipinski definition) is 5. The highest BCUT2D eigenvalue weighted by atomic mass is 79.9. The van der Waals surface area contributed by atoms with E-state index >= 15 is 0 Å². The van der Waals surface area contributed by atoms with Crippen LogP contribution < -0.4 is 5.73 Å². The number of nitrogens with zero attached hydrogens (tertiary/aromatic N) is 5. The fourth-order valence-corrected chi connectivity index (χ4v) is 3.94. The molecule has 2 N–H and O–H groups in total. The smallest absolute Gasteiger partial charge is 0.164 e. The maximum Gasteiger partial charge on any atom is 0.164 e. The van der Waals surface area contributed by atoms with Gasteiger partial charge in [0, 0.05) is 33.0 Å². The van der Waals surface area contributed by atoms with E-state index in [2.05, 4.69) is 54.1 Å². The Labute approximate surface area is 180 Å². The minimum atomic E-state index is 0.439. The van der Waals surface area contributed by atoms with Gasteiger partial charge in [0.2, 0.25) is 0 Å². The van der Waals surface area contributed by atoms with E-state index in [4.69, 9.17) is 10.7 Å². The van der Waals surface area contributed by atoms with Crippen LogP contribution in [0.25, 0.3) is 22.3 Å². The fraction of sp³-hybridized carbons (Fsp3) is 0.300. The lowest BCUT2D eigenvalue weighted by molar-refractivity contribution is 0.188. The highest BCUT2D eigenvalue weighted by Crippen LogP contribution is 2.34. The van der Waals surface area contributed by atoms with Crippen LogP contribution in [0.2, 0.25) is 0 Å². The molecule has 3 aromatic rings. The van der Waals surface area contributed by atoms with Crippen molar-refractivity contribution in [3.63, 3.8) is 0 Å². The molecule has 1 aliphatic rings. The summed E-state index contributed by atoms with van der Waals surface area (Å²) >= 11 is 6.99. The van der Waals surface area contributed by atoms with Crippen LogP contribution in [0.15, 0.2) is 55.7 Å². The molecule has 0 saturated carbocycles. The Morgan fingerprint density at radius 3 is 2.54 bits per heavy atom. The van der Waals surface area contributed by atoms with E-state index in [1.54, 1.807) is 0 Å². The van der Waals surface area contributed by atoms with Crippen molar-refractivity contribution < 1.29 is 0 Å². The standard InChI is InChI=1S/C20H20Br2N6/c1-12-6-8-28(9-7-12)27-26-18-5-3-14(22)11-16(18)20-24-17-4-2-13(21)10-15(17)19(23)25-20/h2-5,10-12H,6-9H2,1H3,(H2,23,24,25).